The first-order chi connectivity index (χ1) is 18.0. The molecule has 37 heavy (non-hydrogen) atoms. The standard InChI is InChI=1S/C24H20Cl2N6O4S/c25-17-7-6-16(19(26)13-17)12-20-23(34)32(18-4-2-1-3-5-18)24(27-20)37-15-21(33)28-22-14-31(29-36-22)30-8-10-35-11-9-30/h1-7,12-14H,8-11,15H2/b20-12+. The van der Waals surface area contributed by atoms with Crippen LogP contribution in [0.2, 0.25) is 10.0 Å². The van der Waals surface area contributed by atoms with E-state index in [-0.39, 0.29) is 23.2 Å². The monoisotopic (exact) mass is 558 g/mol. The lowest BCUT2D eigenvalue weighted by molar-refractivity contribution is -0.759. The fourth-order valence-electron chi connectivity index (χ4n) is 3.62. The minimum Gasteiger partial charge on any atom is -0.861 e. The van der Waals surface area contributed by atoms with Gasteiger partial charge in [-0.1, -0.05) is 59.2 Å². The number of morpholine rings is 1. The number of benzene rings is 2. The number of carbonyl (C=O) groups is 1. The van der Waals surface area contributed by atoms with Gasteiger partial charge in [0.25, 0.3) is 12.1 Å². The largest absolute Gasteiger partial charge is 0.861 e. The highest BCUT2D eigenvalue weighted by Gasteiger charge is 2.32. The number of rotatable bonds is 6. The van der Waals surface area contributed by atoms with Crippen molar-refractivity contribution in [2.45, 2.75) is 0 Å². The summed E-state index contributed by atoms with van der Waals surface area (Å²) in [6.07, 6.45) is 3.13. The van der Waals surface area contributed by atoms with Crippen molar-refractivity contribution in [3.63, 3.8) is 0 Å². The summed E-state index contributed by atoms with van der Waals surface area (Å²) in [5.74, 6) is -0.787. The lowest BCUT2D eigenvalue weighted by atomic mass is 10.2. The lowest BCUT2D eigenvalue weighted by Crippen LogP contribution is -2.62. The topological polar surface area (TPSA) is 110 Å². The Bertz CT molecular complexity index is 1390. The van der Waals surface area contributed by atoms with Crippen LogP contribution in [-0.2, 0) is 9.53 Å². The van der Waals surface area contributed by atoms with Crippen molar-refractivity contribution in [3.8, 4) is 0 Å². The molecule has 0 aliphatic carbocycles. The first-order valence-corrected chi connectivity index (χ1v) is 13.0. The van der Waals surface area contributed by atoms with Crippen LogP contribution < -0.4 is 19.8 Å². The summed E-state index contributed by atoms with van der Waals surface area (Å²) in [5, 5.41) is 19.7. The molecule has 190 valence electrons. The van der Waals surface area contributed by atoms with Crippen molar-refractivity contribution in [1.82, 2.24) is 5.27 Å². The van der Waals surface area contributed by atoms with Crippen LogP contribution in [0.15, 0.2) is 74.9 Å². The lowest BCUT2D eigenvalue weighted by Gasteiger charge is -2.18. The van der Waals surface area contributed by atoms with Crippen molar-refractivity contribution in [1.29, 1.82) is 0 Å². The van der Waals surface area contributed by atoms with Gasteiger partial charge < -0.3 is 9.84 Å². The number of hydrogen-bond acceptors (Lipinski definition) is 9. The molecule has 0 unspecified atom stereocenters. The fraction of sp³-hybridized carbons (Fsp3) is 0.208. The Kier molecular flexibility index (Phi) is 7.75. The Labute approximate surface area is 226 Å². The second-order valence-corrected chi connectivity index (χ2v) is 9.67. The minimum atomic E-state index is -0.461. The molecule has 1 amide bonds. The molecule has 13 heteroatoms. The molecule has 0 spiro atoms. The third kappa shape index (κ3) is 5.96. The molecule has 3 heterocycles. The van der Waals surface area contributed by atoms with Crippen LogP contribution in [0.25, 0.3) is 6.08 Å². The van der Waals surface area contributed by atoms with Gasteiger partial charge in [0.1, 0.15) is 5.70 Å². The highest BCUT2D eigenvalue weighted by Crippen LogP contribution is 2.31. The van der Waals surface area contributed by atoms with Crippen LogP contribution in [0.5, 0.6) is 0 Å². The molecule has 5 rings (SSSR count). The van der Waals surface area contributed by atoms with E-state index in [9.17, 15) is 9.90 Å². The average Bonchev–Trinajstić information content (AvgIpc) is 3.49. The molecule has 0 radical (unpaired) electrons. The maximum absolute atomic E-state index is 13.3. The van der Waals surface area contributed by atoms with Crippen molar-refractivity contribution in [2.75, 3.05) is 42.0 Å². The second-order valence-electron chi connectivity index (χ2n) is 7.89. The Morgan fingerprint density at radius 1 is 1.19 bits per heavy atom. The number of carbonyl (C=O) groups excluding carboxylic acids is 1. The molecule has 3 aromatic rings. The number of anilines is 1. The summed E-state index contributed by atoms with van der Waals surface area (Å²) in [4.78, 5) is 24.8. The Balaban J connectivity index is 1.35. The fourth-order valence-corrected chi connectivity index (χ4v) is 4.88. The van der Waals surface area contributed by atoms with Gasteiger partial charge in [0.15, 0.2) is 5.17 Å². The minimum absolute atomic E-state index is 0.0668. The van der Waals surface area contributed by atoms with Gasteiger partial charge in [-0.25, -0.2) is 9.98 Å². The first kappa shape index (κ1) is 25.3. The van der Waals surface area contributed by atoms with Gasteiger partial charge >= 0.3 is 5.88 Å². The SMILES string of the molecule is O=C1/C(=C\c2ccc(Cl)cc2Cl)N=C(SC/C([O-])=N\c2c[n+](N3CCOCC3)no2)N1c1ccccc1. The van der Waals surface area contributed by atoms with Crippen molar-refractivity contribution < 1.29 is 24.0 Å². The zero-order valence-corrected chi connectivity index (χ0v) is 21.6. The molecule has 1 aromatic heterocycles. The number of aliphatic imine (C=N–C) groups is 2. The Morgan fingerprint density at radius 3 is 2.73 bits per heavy atom. The maximum atomic E-state index is 13.3. The van der Waals surface area contributed by atoms with Crippen LogP contribution in [0.3, 0.4) is 0 Å². The number of amidine groups is 1. The number of halogens is 2. The van der Waals surface area contributed by atoms with E-state index in [0.717, 1.165) is 11.8 Å². The Morgan fingerprint density at radius 2 is 1.97 bits per heavy atom. The first-order valence-electron chi connectivity index (χ1n) is 11.2. The van der Waals surface area contributed by atoms with Crippen molar-refractivity contribution in [2.24, 2.45) is 9.98 Å². The number of nitrogens with zero attached hydrogens (tertiary/aromatic N) is 6. The molecule has 10 nitrogen and oxygen atoms in total. The van der Waals surface area contributed by atoms with E-state index in [1.165, 1.54) is 15.9 Å². The number of para-hydroxylation sites is 1. The zero-order chi connectivity index (χ0) is 25.8. The molecular weight excluding hydrogens is 539 g/mol. The van der Waals surface area contributed by atoms with E-state index >= 15 is 0 Å². The van der Waals surface area contributed by atoms with Gasteiger partial charge in [-0.2, -0.15) is 0 Å². The predicted molar refractivity (Wildman–Crippen MR) is 141 cm³/mol. The van der Waals surface area contributed by atoms with Crippen LogP contribution in [-0.4, -0.2) is 54.3 Å². The summed E-state index contributed by atoms with van der Waals surface area (Å²) in [6, 6.07) is 14.0. The molecule has 2 aromatic carbocycles. The zero-order valence-electron chi connectivity index (χ0n) is 19.3. The van der Waals surface area contributed by atoms with Crippen LogP contribution in [0.1, 0.15) is 5.56 Å². The van der Waals surface area contributed by atoms with Gasteiger partial charge in [0, 0.05) is 15.8 Å². The average molecular weight is 559 g/mol. The van der Waals surface area contributed by atoms with Gasteiger partial charge in [-0.05, 0) is 41.8 Å². The highest BCUT2D eigenvalue weighted by molar-refractivity contribution is 8.14. The number of aromatic nitrogens is 2. The molecule has 2 aliphatic heterocycles. The van der Waals surface area contributed by atoms with Crippen LogP contribution in [0, 0.1) is 0 Å². The molecule has 0 bridgehead atoms. The van der Waals surface area contributed by atoms with Gasteiger partial charge in [0.05, 0.1) is 36.8 Å². The van der Waals surface area contributed by atoms with E-state index < -0.39 is 5.90 Å². The van der Waals surface area contributed by atoms with E-state index in [1.54, 1.807) is 36.4 Å². The van der Waals surface area contributed by atoms with Gasteiger partial charge in [0.2, 0.25) is 5.27 Å². The Hall–Kier alpha value is -3.38. The maximum Gasteiger partial charge on any atom is 0.324 e. The summed E-state index contributed by atoms with van der Waals surface area (Å²) in [6.45, 7) is 2.48. The van der Waals surface area contributed by atoms with Crippen molar-refractivity contribution in [3.05, 3.63) is 76.0 Å². The molecule has 1 saturated heterocycles. The smallest absolute Gasteiger partial charge is 0.324 e. The quantitative estimate of drug-likeness (QED) is 0.198. The third-order valence-corrected chi connectivity index (χ3v) is 6.87. The van der Waals surface area contributed by atoms with E-state index in [1.807, 2.05) is 23.2 Å². The molecule has 0 N–H and O–H groups in total. The second kappa shape index (κ2) is 11.3. The van der Waals surface area contributed by atoms with E-state index in [2.05, 4.69) is 15.3 Å². The molecule has 2 aliphatic rings. The van der Waals surface area contributed by atoms with E-state index in [4.69, 9.17) is 32.5 Å². The summed E-state index contributed by atoms with van der Waals surface area (Å²) in [5.41, 5.74) is 1.40. The summed E-state index contributed by atoms with van der Waals surface area (Å²) in [7, 11) is 0. The van der Waals surface area contributed by atoms with Gasteiger partial charge in [-0.3, -0.25) is 14.2 Å². The number of ether oxygens (including phenoxy) is 1. The summed E-state index contributed by atoms with van der Waals surface area (Å²) < 4.78 is 10.5. The summed E-state index contributed by atoms with van der Waals surface area (Å²) >= 11 is 13.4. The van der Waals surface area contributed by atoms with Gasteiger partial charge in [-0.15, -0.1) is 5.01 Å². The predicted octanol–water partition coefficient (Wildman–Crippen LogP) is 2.80. The van der Waals surface area contributed by atoms with Crippen LogP contribution in [0.4, 0.5) is 11.6 Å². The highest BCUT2D eigenvalue weighted by atomic mass is 35.5. The number of hydrogen-bond donors (Lipinski definition) is 0. The third-order valence-electron chi connectivity index (χ3n) is 5.38. The van der Waals surface area contributed by atoms with Crippen molar-refractivity contribution >= 4 is 69.6 Å². The van der Waals surface area contributed by atoms with E-state index in [0.29, 0.717) is 52.8 Å². The molecule has 1 fully saturated rings. The molecule has 0 saturated carbocycles. The number of amides is 1. The normalized spacial score (nSPS) is 17.6. The molecular formula is C24H20Cl2N6O4S. The number of thioether (sulfide) groups is 1. The molecule has 0 atom stereocenters. The van der Waals surface area contributed by atoms with Crippen LogP contribution >= 0.6 is 35.0 Å².